The van der Waals surface area contributed by atoms with Crippen molar-refractivity contribution in [2.75, 3.05) is 4.72 Å². The Bertz CT molecular complexity index is 894. The minimum absolute atomic E-state index is 0.0380. The standard InChI is InChI=1S/C19H23ClN2O3S/c1-12(2)14(4)21-19(23)15-7-10-17(20)18(11-15)26(24,25)22-16-8-5-13(3)6-9-16/h5-12,14,22H,1-4H3,(H,21,23). The molecule has 0 aromatic heterocycles. The summed E-state index contributed by atoms with van der Waals surface area (Å²) in [6, 6.07) is 11.1. The normalized spacial score (nSPS) is 12.7. The van der Waals surface area contributed by atoms with E-state index in [4.69, 9.17) is 11.6 Å². The highest BCUT2D eigenvalue weighted by Crippen LogP contribution is 2.25. The number of hydrogen-bond donors (Lipinski definition) is 2. The lowest BCUT2D eigenvalue weighted by Crippen LogP contribution is -2.36. The fourth-order valence-corrected chi connectivity index (χ4v) is 3.72. The van der Waals surface area contributed by atoms with E-state index < -0.39 is 10.0 Å². The minimum Gasteiger partial charge on any atom is -0.349 e. The lowest BCUT2D eigenvalue weighted by atomic mass is 10.1. The Morgan fingerprint density at radius 3 is 2.23 bits per heavy atom. The number of amides is 1. The van der Waals surface area contributed by atoms with E-state index in [0.29, 0.717) is 5.69 Å². The number of anilines is 1. The van der Waals surface area contributed by atoms with Crippen LogP contribution in [0.15, 0.2) is 47.4 Å². The lowest BCUT2D eigenvalue weighted by molar-refractivity contribution is 0.0930. The van der Waals surface area contributed by atoms with Crippen molar-refractivity contribution in [2.24, 2.45) is 5.92 Å². The number of carbonyl (C=O) groups is 1. The molecule has 0 aliphatic heterocycles. The Morgan fingerprint density at radius 2 is 1.65 bits per heavy atom. The van der Waals surface area contributed by atoms with Crippen LogP contribution in [-0.4, -0.2) is 20.4 Å². The molecule has 0 saturated heterocycles. The SMILES string of the molecule is Cc1ccc(NS(=O)(=O)c2cc(C(=O)NC(C)C(C)C)ccc2Cl)cc1. The van der Waals surface area contributed by atoms with E-state index in [1.54, 1.807) is 24.3 Å². The number of halogens is 1. The molecule has 5 nitrogen and oxygen atoms in total. The third kappa shape index (κ3) is 4.99. The van der Waals surface area contributed by atoms with Crippen LogP contribution in [0.25, 0.3) is 0 Å². The van der Waals surface area contributed by atoms with Gasteiger partial charge >= 0.3 is 0 Å². The van der Waals surface area contributed by atoms with E-state index in [9.17, 15) is 13.2 Å². The van der Waals surface area contributed by atoms with Crippen LogP contribution in [0.3, 0.4) is 0 Å². The van der Waals surface area contributed by atoms with Gasteiger partial charge in [-0.3, -0.25) is 9.52 Å². The molecule has 2 aromatic carbocycles. The average Bonchev–Trinajstić information content (AvgIpc) is 2.56. The van der Waals surface area contributed by atoms with Crippen molar-refractivity contribution in [2.45, 2.75) is 38.6 Å². The van der Waals surface area contributed by atoms with Crippen molar-refractivity contribution in [3.05, 3.63) is 58.6 Å². The molecule has 0 radical (unpaired) electrons. The summed E-state index contributed by atoms with van der Waals surface area (Å²) in [6.07, 6.45) is 0. The summed E-state index contributed by atoms with van der Waals surface area (Å²) in [5.74, 6) is -0.0766. The molecule has 1 atom stereocenters. The third-order valence-electron chi connectivity index (χ3n) is 4.15. The number of aryl methyl sites for hydroxylation is 1. The average molecular weight is 395 g/mol. The maximum absolute atomic E-state index is 12.7. The molecule has 1 unspecified atom stereocenters. The first-order valence-corrected chi connectivity index (χ1v) is 10.2. The van der Waals surface area contributed by atoms with E-state index in [1.165, 1.54) is 18.2 Å². The molecule has 0 aliphatic carbocycles. The molecular weight excluding hydrogens is 372 g/mol. The molecule has 2 N–H and O–H groups in total. The Morgan fingerprint density at radius 1 is 1.04 bits per heavy atom. The molecule has 0 fully saturated rings. The van der Waals surface area contributed by atoms with Gasteiger partial charge in [-0.1, -0.05) is 43.1 Å². The van der Waals surface area contributed by atoms with Gasteiger partial charge < -0.3 is 5.32 Å². The van der Waals surface area contributed by atoms with Crippen LogP contribution >= 0.6 is 11.6 Å². The van der Waals surface area contributed by atoms with Gasteiger partial charge in [0.1, 0.15) is 4.90 Å². The molecule has 26 heavy (non-hydrogen) atoms. The number of hydrogen-bond acceptors (Lipinski definition) is 3. The predicted octanol–water partition coefficient (Wildman–Crippen LogP) is 4.22. The fourth-order valence-electron chi connectivity index (χ4n) is 2.14. The van der Waals surface area contributed by atoms with Gasteiger partial charge in [0.2, 0.25) is 0 Å². The van der Waals surface area contributed by atoms with Crippen LogP contribution in [0.4, 0.5) is 5.69 Å². The molecule has 0 bridgehead atoms. The highest BCUT2D eigenvalue weighted by molar-refractivity contribution is 7.92. The van der Waals surface area contributed by atoms with Crippen LogP contribution in [0, 0.1) is 12.8 Å². The molecular formula is C19H23ClN2O3S. The third-order valence-corrected chi connectivity index (χ3v) is 6.01. The van der Waals surface area contributed by atoms with Gasteiger partial charge in [-0.2, -0.15) is 0 Å². The highest BCUT2D eigenvalue weighted by Gasteiger charge is 2.21. The predicted molar refractivity (Wildman–Crippen MR) is 105 cm³/mol. The number of rotatable bonds is 6. The van der Waals surface area contributed by atoms with E-state index in [1.807, 2.05) is 27.7 Å². The smallest absolute Gasteiger partial charge is 0.263 e. The number of benzene rings is 2. The number of nitrogens with one attached hydrogen (secondary N) is 2. The number of carbonyl (C=O) groups excluding carboxylic acids is 1. The molecule has 2 aromatic rings. The zero-order chi connectivity index (χ0) is 19.5. The molecule has 0 spiro atoms. The van der Waals surface area contributed by atoms with Crippen LogP contribution in [0.1, 0.15) is 36.7 Å². The molecule has 0 saturated carbocycles. The summed E-state index contributed by atoms with van der Waals surface area (Å²) in [4.78, 5) is 12.2. The largest absolute Gasteiger partial charge is 0.349 e. The Balaban J connectivity index is 2.30. The molecule has 140 valence electrons. The molecule has 7 heteroatoms. The van der Waals surface area contributed by atoms with Gasteiger partial charge in [-0.05, 0) is 50.1 Å². The fraction of sp³-hybridized carbons (Fsp3) is 0.316. The number of sulfonamides is 1. The summed E-state index contributed by atoms with van der Waals surface area (Å²) in [7, 11) is -3.92. The maximum atomic E-state index is 12.7. The van der Waals surface area contributed by atoms with Crippen molar-refractivity contribution in [1.82, 2.24) is 5.32 Å². The second kappa shape index (κ2) is 8.10. The van der Waals surface area contributed by atoms with E-state index in [2.05, 4.69) is 10.0 Å². The van der Waals surface area contributed by atoms with Gasteiger partial charge in [0.15, 0.2) is 0 Å². The van der Waals surface area contributed by atoms with Crippen LogP contribution in [-0.2, 0) is 10.0 Å². The topological polar surface area (TPSA) is 75.3 Å². The maximum Gasteiger partial charge on any atom is 0.263 e. The molecule has 1 amide bonds. The highest BCUT2D eigenvalue weighted by atomic mass is 35.5. The Labute approximate surface area is 159 Å². The summed E-state index contributed by atoms with van der Waals surface area (Å²) < 4.78 is 27.9. The monoisotopic (exact) mass is 394 g/mol. The van der Waals surface area contributed by atoms with Crippen molar-refractivity contribution in [3.8, 4) is 0 Å². The first-order valence-electron chi connectivity index (χ1n) is 8.30. The van der Waals surface area contributed by atoms with E-state index >= 15 is 0 Å². The molecule has 0 aliphatic rings. The van der Waals surface area contributed by atoms with E-state index in [0.717, 1.165) is 5.56 Å². The van der Waals surface area contributed by atoms with Gasteiger partial charge in [0.25, 0.3) is 15.9 Å². The summed E-state index contributed by atoms with van der Waals surface area (Å²) >= 11 is 6.08. The van der Waals surface area contributed by atoms with Gasteiger partial charge in [0, 0.05) is 17.3 Å². The van der Waals surface area contributed by atoms with Crippen molar-refractivity contribution in [3.63, 3.8) is 0 Å². The summed E-state index contributed by atoms with van der Waals surface area (Å²) in [5.41, 5.74) is 1.69. The second-order valence-corrected chi connectivity index (χ2v) is 8.68. The van der Waals surface area contributed by atoms with Crippen molar-refractivity contribution >= 4 is 33.2 Å². The summed E-state index contributed by atoms with van der Waals surface area (Å²) in [5, 5.41) is 2.91. The Kier molecular flexibility index (Phi) is 6.31. The van der Waals surface area contributed by atoms with Crippen LogP contribution in [0.2, 0.25) is 5.02 Å². The zero-order valence-electron chi connectivity index (χ0n) is 15.2. The van der Waals surface area contributed by atoms with Gasteiger partial charge in [-0.15, -0.1) is 0 Å². The first-order chi connectivity index (χ1) is 12.1. The quantitative estimate of drug-likeness (QED) is 0.770. The lowest BCUT2D eigenvalue weighted by Gasteiger charge is -2.18. The van der Waals surface area contributed by atoms with Gasteiger partial charge in [-0.25, -0.2) is 8.42 Å². The minimum atomic E-state index is -3.92. The van der Waals surface area contributed by atoms with Crippen LogP contribution in [0.5, 0.6) is 0 Å². The Hall–Kier alpha value is -2.05. The second-order valence-electron chi connectivity index (χ2n) is 6.62. The first kappa shape index (κ1) is 20.3. The van der Waals surface area contributed by atoms with Gasteiger partial charge in [0.05, 0.1) is 5.02 Å². The zero-order valence-corrected chi connectivity index (χ0v) is 16.8. The van der Waals surface area contributed by atoms with Crippen molar-refractivity contribution < 1.29 is 13.2 Å². The van der Waals surface area contributed by atoms with Crippen molar-refractivity contribution in [1.29, 1.82) is 0 Å². The molecule has 2 rings (SSSR count). The summed E-state index contributed by atoms with van der Waals surface area (Å²) in [6.45, 7) is 7.80. The molecule has 0 heterocycles. The van der Waals surface area contributed by atoms with Crippen LogP contribution < -0.4 is 10.0 Å². The van der Waals surface area contributed by atoms with E-state index in [-0.39, 0.29) is 33.3 Å².